The average molecular weight is 309 g/mol. The second-order valence-corrected chi connectivity index (χ2v) is 5.14. The molecule has 18 heavy (non-hydrogen) atoms. The van der Waals surface area contributed by atoms with Gasteiger partial charge < -0.3 is 15.2 Å². The molecule has 2 rings (SSSR count). The van der Waals surface area contributed by atoms with Crippen LogP contribution in [-0.2, 0) is 20.1 Å². The predicted octanol–water partition coefficient (Wildman–Crippen LogP) is 2.28. The van der Waals surface area contributed by atoms with Gasteiger partial charge in [-0.3, -0.25) is 0 Å². The highest BCUT2D eigenvalue weighted by molar-refractivity contribution is 9.10. The van der Waals surface area contributed by atoms with Gasteiger partial charge in [0.15, 0.2) is 0 Å². The third-order valence-corrected chi connectivity index (χ3v) is 3.74. The highest BCUT2D eigenvalue weighted by atomic mass is 79.9. The smallest absolute Gasteiger partial charge is 0.127 e. The van der Waals surface area contributed by atoms with Gasteiger partial charge in [0.1, 0.15) is 5.82 Å². The highest BCUT2D eigenvalue weighted by Gasteiger charge is 2.07. The Kier molecular flexibility index (Phi) is 4.04. The Morgan fingerprint density at radius 2 is 2.22 bits per heavy atom. The monoisotopic (exact) mass is 308 g/mol. The molecule has 0 bridgehead atoms. The van der Waals surface area contributed by atoms with Gasteiger partial charge >= 0.3 is 0 Å². The minimum absolute atomic E-state index is 0.546. The summed E-state index contributed by atoms with van der Waals surface area (Å²) < 4.78 is 3.08. The summed E-state index contributed by atoms with van der Waals surface area (Å²) in [4.78, 5) is 6.49. The van der Waals surface area contributed by atoms with Crippen LogP contribution in [0.1, 0.15) is 11.4 Å². The van der Waals surface area contributed by atoms with Crippen LogP contribution in [-0.4, -0.2) is 16.6 Å². The number of anilines is 1. The Hall–Kier alpha value is -1.33. The number of aromatic nitrogens is 2. The molecular formula is C13H17BrN4. The molecule has 96 valence electrons. The normalized spacial score (nSPS) is 10.7. The van der Waals surface area contributed by atoms with Crippen LogP contribution in [0.15, 0.2) is 35.1 Å². The molecule has 0 radical (unpaired) electrons. The Labute approximate surface area is 116 Å². The Bertz CT molecular complexity index is 536. The lowest BCUT2D eigenvalue weighted by atomic mass is 10.2. The number of hydrogen-bond acceptors (Lipinski definition) is 3. The van der Waals surface area contributed by atoms with Crippen LogP contribution >= 0.6 is 15.9 Å². The summed E-state index contributed by atoms with van der Waals surface area (Å²) in [5, 5.41) is 0. The minimum atomic E-state index is 0.546. The van der Waals surface area contributed by atoms with Gasteiger partial charge in [0, 0.05) is 43.2 Å². The zero-order valence-electron chi connectivity index (χ0n) is 10.6. The summed E-state index contributed by atoms with van der Waals surface area (Å²) in [5.41, 5.74) is 7.91. The molecule has 0 unspecified atom stereocenters. The molecule has 0 atom stereocenters. The Morgan fingerprint density at radius 3 is 2.78 bits per heavy atom. The van der Waals surface area contributed by atoms with Crippen molar-refractivity contribution in [3.05, 3.63) is 46.5 Å². The van der Waals surface area contributed by atoms with Gasteiger partial charge in [-0.2, -0.15) is 0 Å². The summed E-state index contributed by atoms with van der Waals surface area (Å²) in [6.07, 6.45) is 3.77. The largest absolute Gasteiger partial charge is 0.367 e. The standard InChI is InChI=1S/C13H17BrN4/c1-17-6-5-16-13(17)9-18(2)11-4-3-10(8-15)12(14)7-11/h3-7H,8-9,15H2,1-2H3. The number of halogens is 1. The Morgan fingerprint density at radius 1 is 1.44 bits per heavy atom. The molecule has 5 heteroatoms. The Balaban J connectivity index is 2.16. The van der Waals surface area contributed by atoms with Crippen LogP contribution < -0.4 is 10.6 Å². The lowest BCUT2D eigenvalue weighted by molar-refractivity contribution is 0.761. The predicted molar refractivity (Wildman–Crippen MR) is 77.3 cm³/mol. The van der Waals surface area contributed by atoms with E-state index in [1.54, 1.807) is 0 Å². The first-order valence-corrected chi connectivity index (χ1v) is 6.57. The molecule has 0 saturated heterocycles. The van der Waals surface area contributed by atoms with Gasteiger partial charge in [-0.1, -0.05) is 22.0 Å². The molecule has 1 aromatic heterocycles. The molecule has 2 N–H and O–H groups in total. The molecule has 0 spiro atoms. The molecule has 1 aromatic carbocycles. The maximum absolute atomic E-state index is 5.65. The zero-order chi connectivity index (χ0) is 13.1. The van der Waals surface area contributed by atoms with Gasteiger partial charge in [0.2, 0.25) is 0 Å². The van der Waals surface area contributed by atoms with Crippen LogP contribution in [0.4, 0.5) is 5.69 Å². The van der Waals surface area contributed by atoms with Crippen molar-refractivity contribution in [3.8, 4) is 0 Å². The first kappa shape index (κ1) is 13.1. The van der Waals surface area contributed by atoms with E-state index in [2.05, 4.69) is 45.0 Å². The maximum Gasteiger partial charge on any atom is 0.127 e. The highest BCUT2D eigenvalue weighted by Crippen LogP contribution is 2.24. The number of imidazole rings is 1. The van der Waals surface area contributed by atoms with Crippen molar-refractivity contribution in [3.63, 3.8) is 0 Å². The number of benzene rings is 1. The molecule has 0 amide bonds. The van der Waals surface area contributed by atoms with Crippen molar-refractivity contribution in [2.75, 3.05) is 11.9 Å². The lowest BCUT2D eigenvalue weighted by Gasteiger charge is -2.20. The van der Waals surface area contributed by atoms with Crippen molar-refractivity contribution in [2.45, 2.75) is 13.1 Å². The topological polar surface area (TPSA) is 47.1 Å². The third-order valence-electron chi connectivity index (χ3n) is 3.00. The number of hydrogen-bond donors (Lipinski definition) is 1. The fraction of sp³-hybridized carbons (Fsp3) is 0.308. The molecule has 0 saturated carbocycles. The van der Waals surface area contributed by atoms with Gasteiger partial charge in [0.05, 0.1) is 6.54 Å². The van der Waals surface area contributed by atoms with E-state index in [1.807, 2.05) is 30.1 Å². The van der Waals surface area contributed by atoms with Crippen molar-refractivity contribution in [2.24, 2.45) is 12.8 Å². The first-order chi connectivity index (χ1) is 8.61. The fourth-order valence-corrected chi connectivity index (χ4v) is 2.32. The van der Waals surface area contributed by atoms with E-state index in [-0.39, 0.29) is 0 Å². The van der Waals surface area contributed by atoms with Crippen molar-refractivity contribution >= 4 is 21.6 Å². The fourth-order valence-electron chi connectivity index (χ4n) is 1.79. The van der Waals surface area contributed by atoms with Crippen molar-refractivity contribution < 1.29 is 0 Å². The number of nitrogens with two attached hydrogens (primary N) is 1. The van der Waals surface area contributed by atoms with Crippen LogP contribution in [0.2, 0.25) is 0 Å². The summed E-state index contributed by atoms with van der Waals surface area (Å²) in [7, 11) is 4.06. The second kappa shape index (κ2) is 5.54. The van der Waals surface area contributed by atoms with E-state index in [1.165, 1.54) is 0 Å². The number of aryl methyl sites for hydroxylation is 1. The van der Waals surface area contributed by atoms with E-state index in [9.17, 15) is 0 Å². The van der Waals surface area contributed by atoms with Gasteiger partial charge in [0.25, 0.3) is 0 Å². The summed E-state index contributed by atoms with van der Waals surface area (Å²) in [6.45, 7) is 1.32. The zero-order valence-corrected chi connectivity index (χ0v) is 12.2. The molecule has 0 aliphatic heterocycles. The van der Waals surface area contributed by atoms with E-state index in [0.29, 0.717) is 6.54 Å². The summed E-state index contributed by atoms with van der Waals surface area (Å²) in [5.74, 6) is 1.04. The van der Waals surface area contributed by atoms with Crippen LogP contribution in [0.5, 0.6) is 0 Å². The SMILES string of the molecule is CN(Cc1nccn1C)c1ccc(CN)c(Br)c1. The van der Waals surface area contributed by atoms with Crippen LogP contribution in [0, 0.1) is 0 Å². The van der Waals surface area contributed by atoms with Gasteiger partial charge in [-0.15, -0.1) is 0 Å². The average Bonchev–Trinajstić information content (AvgIpc) is 2.75. The molecule has 0 aliphatic rings. The van der Waals surface area contributed by atoms with E-state index < -0.39 is 0 Å². The van der Waals surface area contributed by atoms with Gasteiger partial charge in [-0.25, -0.2) is 4.98 Å². The van der Waals surface area contributed by atoms with Crippen LogP contribution in [0.25, 0.3) is 0 Å². The molecule has 4 nitrogen and oxygen atoms in total. The summed E-state index contributed by atoms with van der Waals surface area (Å²) >= 11 is 3.54. The van der Waals surface area contributed by atoms with Gasteiger partial charge in [-0.05, 0) is 17.7 Å². The molecule has 0 aliphatic carbocycles. The quantitative estimate of drug-likeness (QED) is 0.942. The maximum atomic E-state index is 5.65. The lowest BCUT2D eigenvalue weighted by Crippen LogP contribution is -2.19. The molecule has 0 fully saturated rings. The molecule has 1 heterocycles. The molecular weight excluding hydrogens is 292 g/mol. The van der Waals surface area contributed by atoms with E-state index in [0.717, 1.165) is 28.1 Å². The van der Waals surface area contributed by atoms with E-state index in [4.69, 9.17) is 5.73 Å². The third kappa shape index (κ3) is 2.73. The first-order valence-electron chi connectivity index (χ1n) is 5.77. The second-order valence-electron chi connectivity index (χ2n) is 4.29. The van der Waals surface area contributed by atoms with E-state index >= 15 is 0 Å². The summed E-state index contributed by atoms with van der Waals surface area (Å²) in [6, 6.07) is 6.22. The van der Waals surface area contributed by atoms with Crippen molar-refractivity contribution in [1.82, 2.24) is 9.55 Å². The number of rotatable bonds is 4. The number of nitrogens with zero attached hydrogens (tertiary/aromatic N) is 3. The molecule has 2 aromatic rings. The van der Waals surface area contributed by atoms with Crippen molar-refractivity contribution in [1.29, 1.82) is 0 Å². The minimum Gasteiger partial charge on any atom is -0.367 e. The van der Waals surface area contributed by atoms with Crippen LogP contribution in [0.3, 0.4) is 0 Å².